The molecule has 3 aromatic carbocycles. The number of hydrogen-bond donors (Lipinski definition) is 2. The predicted molar refractivity (Wildman–Crippen MR) is 216 cm³/mol. The number of fused-ring (bicyclic) bond motifs is 2. The molecule has 57 heavy (non-hydrogen) atoms. The number of carbonyl (C=O) groups is 5. The Balaban J connectivity index is 0.829. The van der Waals surface area contributed by atoms with Gasteiger partial charge in [-0.15, -0.1) is 0 Å². The zero-order valence-electron chi connectivity index (χ0n) is 33.0. The van der Waals surface area contributed by atoms with E-state index in [-0.39, 0.29) is 47.6 Å². The van der Waals surface area contributed by atoms with Crippen molar-refractivity contribution < 1.29 is 24.0 Å². The summed E-state index contributed by atoms with van der Waals surface area (Å²) < 4.78 is 0. The monoisotopic (exact) mass is 789 g/mol. The van der Waals surface area contributed by atoms with Gasteiger partial charge in [0.25, 0.3) is 17.7 Å². The number of nitriles is 1. The van der Waals surface area contributed by atoms with Gasteiger partial charge in [0.1, 0.15) is 12.1 Å². The van der Waals surface area contributed by atoms with Crippen LogP contribution >= 0.6 is 11.6 Å². The highest BCUT2D eigenvalue weighted by Gasteiger charge is 2.63. The molecule has 12 nitrogen and oxygen atoms in total. The Hall–Kier alpha value is -5.25. The molecule has 0 radical (unpaired) electrons. The summed E-state index contributed by atoms with van der Waals surface area (Å²) in [6, 6.07) is 18.2. The van der Waals surface area contributed by atoms with Crippen molar-refractivity contribution in [2.75, 3.05) is 36.5 Å². The lowest BCUT2D eigenvalue weighted by Gasteiger charge is -2.67. The largest absolute Gasteiger partial charge is 0.372 e. The third-order valence-electron chi connectivity index (χ3n) is 13.2. The van der Waals surface area contributed by atoms with Crippen molar-refractivity contribution in [3.63, 3.8) is 0 Å². The average Bonchev–Trinajstić information content (AvgIpc) is 3.68. The molecule has 2 saturated heterocycles. The normalized spacial score (nSPS) is 24.1. The molecule has 1 atom stereocenters. The van der Waals surface area contributed by atoms with Gasteiger partial charge in [0.05, 0.1) is 21.7 Å². The van der Waals surface area contributed by atoms with Gasteiger partial charge < -0.3 is 15.1 Å². The molecule has 1 unspecified atom stereocenters. The summed E-state index contributed by atoms with van der Waals surface area (Å²) in [6.45, 7) is 12.9. The van der Waals surface area contributed by atoms with Gasteiger partial charge in [-0.1, -0.05) is 39.3 Å². The van der Waals surface area contributed by atoms with Gasteiger partial charge in [-0.25, -0.2) is 0 Å². The van der Waals surface area contributed by atoms with Crippen LogP contribution in [-0.2, 0) is 22.7 Å². The number of carbonyl (C=O) groups excluding carboxylic acids is 5. The van der Waals surface area contributed by atoms with E-state index in [0.717, 1.165) is 59.9 Å². The van der Waals surface area contributed by atoms with E-state index >= 15 is 0 Å². The van der Waals surface area contributed by atoms with Crippen LogP contribution in [0.2, 0.25) is 5.02 Å². The molecular formula is C44H48ClN7O5. The second kappa shape index (κ2) is 14.3. The average molecular weight is 790 g/mol. The Bertz CT molecular complexity index is 2180. The molecule has 4 heterocycles. The van der Waals surface area contributed by atoms with Crippen molar-refractivity contribution in [2.45, 2.75) is 84.6 Å². The standard InChI is InChI=1S/C44H48ClN7O5/c1-43(2)41(44(3,4)42(43)49(5)31-11-8-27(21-46)34(45)20-31)48-37(54)26-6-9-30(10-7-26)51-16-14-25(15-17-51)22-50-23-28-18-32-33(19-29(28)24-50)40(57)52(39(32)56)35-12-13-36(53)47-38(35)55/h6-11,18-20,25,35,41-42H,12-17,22-24H2,1-5H3,(H,48,54)(H,47,53,55)/t35?,41-,42-. The Kier molecular flexibility index (Phi) is 9.68. The van der Waals surface area contributed by atoms with Crippen molar-refractivity contribution in [1.82, 2.24) is 20.4 Å². The maximum Gasteiger partial charge on any atom is 0.262 e. The number of nitrogens with zero attached hydrogens (tertiary/aromatic N) is 5. The number of rotatable bonds is 8. The fourth-order valence-electron chi connectivity index (χ4n) is 10.8. The summed E-state index contributed by atoms with van der Waals surface area (Å²) in [5, 5.41) is 15.3. The molecule has 4 aliphatic heterocycles. The number of anilines is 2. The predicted octanol–water partition coefficient (Wildman–Crippen LogP) is 5.51. The lowest BCUT2D eigenvalue weighted by molar-refractivity contribution is -0.136. The molecule has 3 aromatic rings. The highest BCUT2D eigenvalue weighted by molar-refractivity contribution is 6.32. The maximum atomic E-state index is 13.6. The zero-order valence-corrected chi connectivity index (χ0v) is 33.8. The molecular weight excluding hydrogens is 742 g/mol. The van der Waals surface area contributed by atoms with Crippen LogP contribution in [0.15, 0.2) is 54.6 Å². The number of amides is 5. The molecule has 0 aromatic heterocycles. The fourth-order valence-corrected chi connectivity index (χ4v) is 11.0. The fraction of sp³-hybridized carbons (Fsp3) is 0.455. The third-order valence-corrected chi connectivity index (χ3v) is 13.5. The first-order valence-corrected chi connectivity index (χ1v) is 20.1. The summed E-state index contributed by atoms with van der Waals surface area (Å²) in [5.74, 6) is -1.52. The first-order chi connectivity index (χ1) is 27.1. The molecule has 3 fully saturated rings. The lowest BCUT2D eigenvalue weighted by atomic mass is 9.47. The van der Waals surface area contributed by atoms with Gasteiger partial charge in [0, 0.05) is 86.0 Å². The molecule has 296 valence electrons. The van der Waals surface area contributed by atoms with Crippen LogP contribution < -0.4 is 20.4 Å². The van der Waals surface area contributed by atoms with Gasteiger partial charge in [0.15, 0.2) is 0 Å². The van der Waals surface area contributed by atoms with E-state index in [0.29, 0.717) is 46.3 Å². The minimum Gasteiger partial charge on any atom is -0.372 e. The van der Waals surface area contributed by atoms with Crippen LogP contribution in [0.4, 0.5) is 11.4 Å². The third kappa shape index (κ3) is 6.64. The van der Waals surface area contributed by atoms with E-state index in [1.165, 1.54) is 0 Å². The molecule has 5 aliphatic rings. The Morgan fingerprint density at radius 3 is 2.09 bits per heavy atom. The van der Waals surface area contributed by atoms with Gasteiger partial charge in [0.2, 0.25) is 11.8 Å². The van der Waals surface area contributed by atoms with Gasteiger partial charge >= 0.3 is 0 Å². The minimum absolute atomic E-state index is 0.0675. The van der Waals surface area contributed by atoms with Crippen LogP contribution in [0.25, 0.3) is 0 Å². The molecule has 5 amide bonds. The number of piperidine rings is 2. The number of imide groups is 2. The Labute approximate surface area is 338 Å². The Morgan fingerprint density at radius 1 is 0.912 bits per heavy atom. The van der Waals surface area contributed by atoms with Crippen LogP contribution in [-0.4, -0.2) is 84.1 Å². The van der Waals surface area contributed by atoms with E-state index in [1.54, 1.807) is 6.07 Å². The van der Waals surface area contributed by atoms with Crippen LogP contribution in [0, 0.1) is 28.1 Å². The summed E-state index contributed by atoms with van der Waals surface area (Å²) in [5.41, 5.74) is 5.36. The molecule has 8 rings (SSSR count). The van der Waals surface area contributed by atoms with E-state index < -0.39 is 23.8 Å². The maximum absolute atomic E-state index is 13.6. The summed E-state index contributed by atoms with van der Waals surface area (Å²) >= 11 is 6.36. The van der Waals surface area contributed by atoms with Crippen LogP contribution in [0.3, 0.4) is 0 Å². The second-order valence-electron chi connectivity index (χ2n) is 17.6. The SMILES string of the molecule is CN(c1ccc(C#N)c(Cl)c1)[C@H]1C(C)(C)[C@H](NC(=O)c2ccc(N3CCC(CN4Cc5cc6c(cc5C4)C(=O)N(C4CCC(=O)NC4=O)C6=O)CC3)cc2)C1(C)C. The van der Waals surface area contributed by atoms with Gasteiger partial charge in [-0.2, -0.15) is 5.26 Å². The highest BCUT2D eigenvalue weighted by Crippen LogP contribution is 2.57. The van der Waals surface area contributed by atoms with E-state index in [9.17, 15) is 29.2 Å². The van der Waals surface area contributed by atoms with Crippen LogP contribution in [0.1, 0.15) is 101 Å². The lowest BCUT2D eigenvalue weighted by Crippen LogP contribution is -2.77. The zero-order chi connectivity index (χ0) is 40.6. The van der Waals surface area contributed by atoms with Crippen molar-refractivity contribution in [3.8, 4) is 6.07 Å². The molecule has 1 saturated carbocycles. The molecule has 13 heteroatoms. The van der Waals surface area contributed by atoms with Crippen molar-refractivity contribution in [1.29, 1.82) is 5.26 Å². The van der Waals surface area contributed by atoms with Crippen LogP contribution in [0.5, 0.6) is 0 Å². The second-order valence-corrected chi connectivity index (χ2v) is 18.0. The Morgan fingerprint density at radius 2 is 1.53 bits per heavy atom. The molecule has 2 N–H and O–H groups in total. The molecule has 0 bridgehead atoms. The number of hydrogen-bond acceptors (Lipinski definition) is 9. The topological polar surface area (TPSA) is 146 Å². The highest BCUT2D eigenvalue weighted by atomic mass is 35.5. The van der Waals surface area contributed by atoms with Crippen molar-refractivity contribution >= 4 is 52.5 Å². The first kappa shape index (κ1) is 38.6. The minimum atomic E-state index is -0.965. The summed E-state index contributed by atoms with van der Waals surface area (Å²) in [7, 11) is 2.04. The van der Waals surface area contributed by atoms with Crippen molar-refractivity contribution in [3.05, 3.63) is 93.0 Å². The first-order valence-electron chi connectivity index (χ1n) is 19.8. The molecule has 1 aliphatic carbocycles. The number of halogens is 1. The smallest absolute Gasteiger partial charge is 0.262 e. The number of nitrogens with one attached hydrogen (secondary N) is 2. The van der Waals surface area contributed by atoms with Crippen molar-refractivity contribution in [2.24, 2.45) is 16.7 Å². The van der Waals surface area contributed by atoms with Gasteiger partial charge in [-0.05, 0) is 90.9 Å². The number of benzene rings is 3. The van der Waals surface area contributed by atoms with E-state index in [1.807, 2.05) is 55.6 Å². The van der Waals surface area contributed by atoms with Gasteiger partial charge in [-0.3, -0.25) is 39.1 Å². The van der Waals surface area contributed by atoms with E-state index in [4.69, 9.17) is 11.6 Å². The summed E-state index contributed by atoms with van der Waals surface area (Å²) in [4.78, 5) is 72.3. The summed E-state index contributed by atoms with van der Waals surface area (Å²) in [6.07, 6.45) is 2.29. The van der Waals surface area contributed by atoms with E-state index in [2.05, 4.69) is 59.1 Å². The molecule has 0 spiro atoms. The quantitative estimate of drug-likeness (QED) is 0.282.